The van der Waals surface area contributed by atoms with Crippen LogP contribution in [-0.2, 0) is 0 Å². The maximum Gasteiger partial charge on any atom is 0.321 e. The quantitative estimate of drug-likeness (QED) is 0.393. The Morgan fingerprint density at radius 3 is 2.75 bits per heavy atom. The summed E-state index contributed by atoms with van der Waals surface area (Å²) < 4.78 is 0. The van der Waals surface area contributed by atoms with Crippen LogP contribution in [0.5, 0.6) is 0 Å². The molecule has 2 aliphatic heterocycles. The van der Waals surface area contributed by atoms with Crippen molar-refractivity contribution in [1.82, 2.24) is 20.9 Å². The number of nitrogens with zero attached hydrogens (tertiary/aromatic N) is 1. The molecular formula is C5H8N4O2S. The van der Waals surface area contributed by atoms with E-state index < -0.39 is 0 Å². The number of hydrogen-bond acceptors (Lipinski definition) is 3. The van der Waals surface area contributed by atoms with E-state index in [0.717, 1.165) is 0 Å². The zero-order chi connectivity index (χ0) is 8.72. The molecular weight excluding hydrogens is 180 g/mol. The molecule has 3 N–H and O–H groups in total. The molecule has 0 radical (unpaired) electrons. The Balaban J connectivity index is 2.16. The highest BCUT2D eigenvalue weighted by atomic mass is 32.1. The molecule has 2 atom stereocenters. The van der Waals surface area contributed by atoms with Gasteiger partial charge in [0.05, 0.1) is 5.88 Å². The first-order chi connectivity index (χ1) is 5.72. The van der Waals surface area contributed by atoms with Crippen LogP contribution in [0.25, 0.3) is 0 Å². The highest BCUT2D eigenvalue weighted by Crippen LogP contribution is 2.13. The van der Waals surface area contributed by atoms with E-state index in [9.17, 15) is 9.59 Å². The Morgan fingerprint density at radius 2 is 2.08 bits per heavy atom. The topological polar surface area (TPSA) is 73.5 Å². The van der Waals surface area contributed by atoms with E-state index in [0.29, 0.717) is 0 Å². The fourth-order valence-corrected chi connectivity index (χ4v) is 1.65. The van der Waals surface area contributed by atoms with Crippen molar-refractivity contribution in [2.75, 3.05) is 5.88 Å². The summed E-state index contributed by atoms with van der Waals surface area (Å²) in [7, 11) is 0. The third kappa shape index (κ3) is 0.893. The normalized spacial score (nSPS) is 32.6. The van der Waals surface area contributed by atoms with Gasteiger partial charge in [0.1, 0.15) is 12.3 Å². The SMILES string of the molecule is O=C1NC2NC(=O)N(CS)C2N1. The average Bonchev–Trinajstić information content (AvgIpc) is 2.43. The lowest BCUT2D eigenvalue weighted by molar-refractivity contribution is 0.207. The number of carbonyl (C=O) groups is 2. The zero-order valence-corrected chi connectivity index (χ0v) is 6.97. The molecule has 2 fully saturated rings. The van der Waals surface area contributed by atoms with E-state index in [4.69, 9.17) is 0 Å². The summed E-state index contributed by atoms with van der Waals surface area (Å²) >= 11 is 3.97. The minimum Gasteiger partial charge on any atom is -0.314 e. The largest absolute Gasteiger partial charge is 0.321 e. The average molecular weight is 188 g/mol. The first-order valence-corrected chi connectivity index (χ1v) is 4.10. The van der Waals surface area contributed by atoms with Gasteiger partial charge >= 0.3 is 12.1 Å². The van der Waals surface area contributed by atoms with E-state index in [1.54, 1.807) is 0 Å². The van der Waals surface area contributed by atoms with E-state index >= 15 is 0 Å². The molecule has 0 bridgehead atoms. The van der Waals surface area contributed by atoms with Gasteiger partial charge in [0, 0.05) is 0 Å². The Bertz CT molecular complexity index is 246. The highest BCUT2D eigenvalue weighted by Gasteiger charge is 2.44. The van der Waals surface area contributed by atoms with Crippen LogP contribution in [0, 0.1) is 0 Å². The van der Waals surface area contributed by atoms with Gasteiger partial charge in [-0.1, -0.05) is 0 Å². The number of thiol groups is 1. The number of rotatable bonds is 1. The summed E-state index contributed by atoms with van der Waals surface area (Å²) in [6, 6.07) is -0.482. The molecule has 6 nitrogen and oxygen atoms in total. The fourth-order valence-electron chi connectivity index (χ4n) is 1.35. The second kappa shape index (κ2) is 2.44. The Hall–Kier alpha value is -1.11. The van der Waals surface area contributed by atoms with Crippen LogP contribution in [0.15, 0.2) is 0 Å². The molecule has 4 amide bonds. The van der Waals surface area contributed by atoms with Gasteiger partial charge in [0.25, 0.3) is 0 Å². The summed E-state index contributed by atoms with van der Waals surface area (Å²) in [4.78, 5) is 23.3. The van der Waals surface area contributed by atoms with Gasteiger partial charge in [0.2, 0.25) is 0 Å². The molecule has 0 aromatic rings. The maximum atomic E-state index is 11.1. The number of nitrogens with one attached hydrogen (secondary N) is 3. The van der Waals surface area contributed by atoms with Crippen LogP contribution >= 0.6 is 12.6 Å². The molecule has 7 heteroatoms. The molecule has 0 aliphatic carbocycles. The fraction of sp³-hybridized carbons (Fsp3) is 0.600. The van der Waals surface area contributed by atoms with Crippen LogP contribution in [0.4, 0.5) is 9.59 Å². The molecule has 0 aromatic heterocycles. The lowest BCUT2D eigenvalue weighted by Crippen LogP contribution is -2.42. The van der Waals surface area contributed by atoms with Crippen LogP contribution in [0.1, 0.15) is 0 Å². The molecule has 0 aromatic carbocycles. The standard InChI is InChI=1S/C5H8N4O2S/c10-4-6-2-3(8-4)9(1-12)5(11)7-2/h2-3,12H,1H2,(H,7,11)(H2,6,8,10). The number of amides is 4. The molecule has 0 spiro atoms. The zero-order valence-electron chi connectivity index (χ0n) is 6.07. The van der Waals surface area contributed by atoms with Crippen LogP contribution in [0.3, 0.4) is 0 Å². The first-order valence-electron chi connectivity index (χ1n) is 3.47. The van der Waals surface area contributed by atoms with Crippen LogP contribution in [-0.4, -0.2) is 35.2 Å². The molecule has 66 valence electrons. The lowest BCUT2D eigenvalue weighted by atomic mass is 10.4. The van der Waals surface area contributed by atoms with Gasteiger partial charge in [-0.25, -0.2) is 9.59 Å². The van der Waals surface area contributed by atoms with Gasteiger partial charge in [-0.05, 0) is 0 Å². The maximum absolute atomic E-state index is 11.1. The number of fused-ring (bicyclic) bond motifs is 1. The summed E-state index contributed by atoms with van der Waals surface area (Å²) in [5.41, 5.74) is 0. The molecule has 2 rings (SSSR count). The summed E-state index contributed by atoms with van der Waals surface area (Å²) in [5, 5.41) is 7.73. The third-order valence-corrected chi connectivity index (χ3v) is 2.21. The van der Waals surface area contributed by atoms with Gasteiger partial charge in [0.15, 0.2) is 0 Å². The van der Waals surface area contributed by atoms with Crippen molar-refractivity contribution in [3.05, 3.63) is 0 Å². The van der Waals surface area contributed by atoms with E-state index in [1.165, 1.54) is 4.90 Å². The van der Waals surface area contributed by atoms with Crippen molar-refractivity contribution >= 4 is 24.7 Å². The minimum atomic E-state index is -0.322. The number of hydrogen-bond donors (Lipinski definition) is 4. The van der Waals surface area contributed by atoms with Crippen molar-refractivity contribution in [3.63, 3.8) is 0 Å². The van der Waals surface area contributed by atoms with E-state index in [1.807, 2.05) is 0 Å². The summed E-state index contributed by atoms with van der Waals surface area (Å²) in [6.45, 7) is 0. The third-order valence-electron chi connectivity index (χ3n) is 1.91. The number of urea groups is 2. The van der Waals surface area contributed by atoms with Gasteiger partial charge in [-0.3, -0.25) is 4.90 Å². The van der Waals surface area contributed by atoms with Crippen LogP contribution < -0.4 is 16.0 Å². The van der Waals surface area contributed by atoms with E-state index in [2.05, 4.69) is 28.6 Å². The van der Waals surface area contributed by atoms with Crippen molar-refractivity contribution in [1.29, 1.82) is 0 Å². The van der Waals surface area contributed by atoms with Crippen molar-refractivity contribution in [2.24, 2.45) is 0 Å². The molecule has 2 saturated heterocycles. The monoisotopic (exact) mass is 188 g/mol. The molecule has 2 aliphatic rings. The molecule has 2 unspecified atom stereocenters. The van der Waals surface area contributed by atoms with Crippen molar-refractivity contribution in [3.8, 4) is 0 Å². The predicted octanol–water partition coefficient (Wildman–Crippen LogP) is -1.14. The highest BCUT2D eigenvalue weighted by molar-refractivity contribution is 7.80. The van der Waals surface area contributed by atoms with Gasteiger partial charge in [-0.2, -0.15) is 12.6 Å². The number of carbonyl (C=O) groups excluding carboxylic acids is 2. The minimum absolute atomic E-state index is 0.215. The Kier molecular flexibility index (Phi) is 1.53. The molecule has 0 saturated carbocycles. The van der Waals surface area contributed by atoms with Crippen molar-refractivity contribution in [2.45, 2.75) is 12.3 Å². The molecule has 12 heavy (non-hydrogen) atoms. The van der Waals surface area contributed by atoms with E-state index in [-0.39, 0.29) is 30.3 Å². The smallest absolute Gasteiger partial charge is 0.314 e. The van der Waals surface area contributed by atoms with Crippen LogP contribution in [0.2, 0.25) is 0 Å². The lowest BCUT2D eigenvalue weighted by Gasteiger charge is -2.17. The second-order valence-corrected chi connectivity index (χ2v) is 2.88. The summed E-state index contributed by atoms with van der Waals surface area (Å²) in [5.74, 6) is 0.287. The van der Waals surface area contributed by atoms with Gasteiger partial charge < -0.3 is 16.0 Å². The second-order valence-electron chi connectivity index (χ2n) is 2.60. The Morgan fingerprint density at radius 1 is 1.33 bits per heavy atom. The van der Waals surface area contributed by atoms with Gasteiger partial charge in [-0.15, -0.1) is 0 Å². The summed E-state index contributed by atoms with van der Waals surface area (Å²) in [6.07, 6.45) is -0.625. The molecule has 2 heterocycles. The Labute approximate surface area is 74.1 Å². The van der Waals surface area contributed by atoms with Crippen molar-refractivity contribution < 1.29 is 9.59 Å². The predicted molar refractivity (Wildman–Crippen MR) is 43.5 cm³/mol. The first kappa shape index (κ1) is 7.53.